The average molecular weight is 339 g/mol. The molecule has 2 aliphatic carbocycles. The van der Waals surface area contributed by atoms with E-state index < -0.39 is 0 Å². The van der Waals surface area contributed by atoms with E-state index in [2.05, 4.69) is 59.2 Å². The lowest BCUT2D eigenvalue weighted by Crippen LogP contribution is -2.41. The van der Waals surface area contributed by atoms with Crippen LogP contribution in [0.2, 0.25) is 0 Å². The van der Waals surface area contributed by atoms with Crippen LogP contribution in [0.1, 0.15) is 43.0 Å². The number of hydrogen-bond donors (Lipinski definition) is 2. The summed E-state index contributed by atoms with van der Waals surface area (Å²) in [6.07, 6.45) is 14.7. The van der Waals surface area contributed by atoms with Gasteiger partial charge in [-0.05, 0) is 61.4 Å². The summed E-state index contributed by atoms with van der Waals surface area (Å²) in [5.41, 5.74) is 4.42. The maximum atomic E-state index is 3.60. The van der Waals surface area contributed by atoms with Gasteiger partial charge in [0.1, 0.15) is 0 Å². The van der Waals surface area contributed by atoms with Gasteiger partial charge in [-0.25, -0.2) is 0 Å². The molecule has 3 heteroatoms. The largest absolute Gasteiger partial charge is 0.298 e. The highest BCUT2D eigenvalue weighted by atomic mass is 32.2. The van der Waals surface area contributed by atoms with Crippen molar-refractivity contribution in [1.29, 1.82) is 0 Å². The fraction of sp³-hybridized carbons (Fsp3) is 0.429. The first-order valence-electron chi connectivity index (χ1n) is 9.16. The molecule has 0 aromatic heterocycles. The molecule has 3 aliphatic rings. The molecule has 24 heavy (non-hydrogen) atoms. The van der Waals surface area contributed by atoms with Crippen LogP contribution in [0.15, 0.2) is 59.0 Å². The smallest absolute Gasteiger partial charge is 0.0838 e. The molecule has 0 amide bonds. The molecule has 126 valence electrons. The van der Waals surface area contributed by atoms with Crippen molar-refractivity contribution < 1.29 is 0 Å². The molecular formula is C21H26N2S. The third kappa shape index (κ3) is 3.53. The normalized spacial score (nSPS) is 24.2. The minimum absolute atomic E-state index is 0.303. The Balaban J connectivity index is 1.52. The van der Waals surface area contributed by atoms with E-state index in [9.17, 15) is 0 Å². The van der Waals surface area contributed by atoms with E-state index in [4.69, 9.17) is 0 Å². The Kier molecular flexibility index (Phi) is 5.21. The average Bonchev–Trinajstić information content (AvgIpc) is 2.67. The molecule has 2 N–H and O–H groups in total. The molecule has 4 rings (SSSR count). The zero-order valence-corrected chi connectivity index (χ0v) is 14.9. The van der Waals surface area contributed by atoms with Crippen molar-refractivity contribution in [3.05, 3.63) is 70.2 Å². The highest BCUT2D eigenvalue weighted by molar-refractivity contribution is 8.02. The van der Waals surface area contributed by atoms with Gasteiger partial charge in [0.2, 0.25) is 0 Å². The minimum atomic E-state index is 0.303. The fourth-order valence-corrected chi connectivity index (χ4v) is 5.04. The molecular weight excluding hydrogens is 312 g/mol. The van der Waals surface area contributed by atoms with Crippen LogP contribution in [0.5, 0.6) is 0 Å². The Bertz CT molecular complexity index is 668. The Hall–Kier alpha value is -1.29. The standard InChI is InChI=1S/C21H26N2S/c1-3-10-18-16(7-1)9-5-12-20(18)24-15-17-8-2-4-11-19(17)21-22-13-6-14-23-21/h2-5,8,10-12,16,21-23H,1,6-7,9,13-15H2. The number of nitrogens with one attached hydrogen (secondary N) is 2. The molecule has 0 spiro atoms. The van der Waals surface area contributed by atoms with Crippen molar-refractivity contribution in [1.82, 2.24) is 10.6 Å². The highest BCUT2D eigenvalue weighted by Crippen LogP contribution is 2.39. The van der Waals surface area contributed by atoms with Crippen LogP contribution in [-0.4, -0.2) is 13.1 Å². The minimum Gasteiger partial charge on any atom is -0.298 e. The predicted molar refractivity (Wildman–Crippen MR) is 104 cm³/mol. The van der Waals surface area contributed by atoms with Crippen molar-refractivity contribution in [2.75, 3.05) is 13.1 Å². The van der Waals surface area contributed by atoms with Crippen LogP contribution < -0.4 is 10.6 Å². The van der Waals surface area contributed by atoms with Gasteiger partial charge in [0.25, 0.3) is 0 Å². The lowest BCUT2D eigenvalue weighted by atomic mass is 9.84. The number of thioether (sulfide) groups is 1. The number of fused-ring (bicyclic) bond motifs is 1. The molecule has 0 saturated carbocycles. The molecule has 1 aromatic rings. The van der Waals surface area contributed by atoms with Gasteiger partial charge >= 0.3 is 0 Å². The predicted octanol–water partition coefficient (Wildman–Crippen LogP) is 4.68. The van der Waals surface area contributed by atoms with Crippen molar-refractivity contribution in [3.63, 3.8) is 0 Å². The Morgan fingerprint density at radius 3 is 2.83 bits per heavy atom. The first-order valence-corrected chi connectivity index (χ1v) is 10.1. The van der Waals surface area contributed by atoms with Gasteiger partial charge in [0, 0.05) is 10.7 Å². The summed E-state index contributed by atoms with van der Waals surface area (Å²) in [7, 11) is 0. The second-order valence-electron chi connectivity index (χ2n) is 6.82. The van der Waals surface area contributed by atoms with Crippen molar-refractivity contribution in [3.8, 4) is 0 Å². The summed E-state index contributed by atoms with van der Waals surface area (Å²) >= 11 is 2.00. The number of rotatable bonds is 4. The molecule has 1 unspecified atom stereocenters. The quantitative estimate of drug-likeness (QED) is 0.833. The van der Waals surface area contributed by atoms with Gasteiger partial charge in [0.05, 0.1) is 6.17 Å². The van der Waals surface area contributed by atoms with Gasteiger partial charge in [-0.2, -0.15) is 0 Å². The zero-order valence-electron chi connectivity index (χ0n) is 14.1. The van der Waals surface area contributed by atoms with Gasteiger partial charge in [-0.15, -0.1) is 11.8 Å². The van der Waals surface area contributed by atoms with E-state index in [-0.39, 0.29) is 0 Å². The summed E-state index contributed by atoms with van der Waals surface area (Å²) < 4.78 is 0. The van der Waals surface area contributed by atoms with Crippen LogP contribution in [0.25, 0.3) is 0 Å². The van der Waals surface area contributed by atoms with Crippen LogP contribution in [0.3, 0.4) is 0 Å². The molecule has 0 bridgehead atoms. The Morgan fingerprint density at radius 2 is 1.92 bits per heavy atom. The second kappa shape index (κ2) is 7.73. The van der Waals surface area contributed by atoms with Gasteiger partial charge in [-0.3, -0.25) is 10.6 Å². The van der Waals surface area contributed by atoms with E-state index in [1.165, 1.54) is 41.7 Å². The fourth-order valence-electron chi connectivity index (χ4n) is 3.87. The van der Waals surface area contributed by atoms with Crippen LogP contribution in [0, 0.1) is 5.92 Å². The van der Waals surface area contributed by atoms with Gasteiger partial charge in [-0.1, -0.05) is 48.6 Å². The monoisotopic (exact) mass is 338 g/mol. The van der Waals surface area contributed by atoms with E-state index in [0.29, 0.717) is 6.17 Å². The molecule has 1 saturated heterocycles. The van der Waals surface area contributed by atoms with Crippen molar-refractivity contribution >= 4 is 11.8 Å². The van der Waals surface area contributed by atoms with Gasteiger partial charge in [0.15, 0.2) is 0 Å². The number of benzene rings is 1. The summed E-state index contributed by atoms with van der Waals surface area (Å²) in [5, 5.41) is 7.20. The van der Waals surface area contributed by atoms with E-state index in [1.54, 1.807) is 5.57 Å². The lowest BCUT2D eigenvalue weighted by molar-refractivity contribution is 0.379. The van der Waals surface area contributed by atoms with E-state index in [1.807, 2.05) is 11.8 Å². The first kappa shape index (κ1) is 16.2. The molecule has 0 radical (unpaired) electrons. The summed E-state index contributed by atoms with van der Waals surface area (Å²) in [5.74, 6) is 1.79. The molecule has 1 atom stereocenters. The third-order valence-electron chi connectivity index (χ3n) is 5.19. The van der Waals surface area contributed by atoms with Crippen LogP contribution >= 0.6 is 11.8 Å². The maximum Gasteiger partial charge on any atom is 0.0838 e. The SMILES string of the molecule is C1=CC2=C(SCc3ccccc3C3NCCCN3)C=CCC2CC1. The summed E-state index contributed by atoms with van der Waals surface area (Å²) in [6.45, 7) is 2.20. The van der Waals surface area contributed by atoms with Crippen molar-refractivity contribution in [2.24, 2.45) is 5.92 Å². The summed E-state index contributed by atoms with van der Waals surface area (Å²) in [4.78, 5) is 1.47. The van der Waals surface area contributed by atoms with E-state index >= 15 is 0 Å². The highest BCUT2D eigenvalue weighted by Gasteiger charge is 2.21. The van der Waals surface area contributed by atoms with Crippen LogP contribution in [0.4, 0.5) is 0 Å². The molecule has 1 aromatic carbocycles. The second-order valence-corrected chi connectivity index (χ2v) is 7.83. The zero-order chi connectivity index (χ0) is 16.2. The molecule has 1 heterocycles. The van der Waals surface area contributed by atoms with Crippen LogP contribution in [-0.2, 0) is 5.75 Å². The lowest BCUT2D eigenvalue weighted by Gasteiger charge is -2.28. The number of hydrogen-bond acceptors (Lipinski definition) is 3. The van der Waals surface area contributed by atoms with Gasteiger partial charge < -0.3 is 0 Å². The maximum absolute atomic E-state index is 3.60. The number of allylic oxidation sites excluding steroid dienone is 5. The molecule has 1 aliphatic heterocycles. The first-order chi connectivity index (χ1) is 11.9. The Labute approximate surface area is 149 Å². The molecule has 2 nitrogen and oxygen atoms in total. The molecule has 1 fully saturated rings. The third-order valence-corrected chi connectivity index (χ3v) is 6.33. The summed E-state index contributed by atoms with van der Waals surface area (Å²) in [6, 6.07) is 8.87. The van der Waals surface area contributed by atoms with E-state index in [0.717, 1.165) is 24.8 Å². The Morgan fingerprint density at radius 1 is 1.04 bits per heavy atom. The topological polar surface area (TPSA) is 24.1 Å². The van der Waals surface area contributed by atoms with Crippen molar-refractivity contribution in [2.45, 2.75) is 37.6 Å².